The molecule has 0 radical (unpaired) electrons. The van der Waals surface area contributed by atoms with Crippen molar-refractivity contribution < 1.29 is 0 Å². The molecule has 76 valence electrons. The van der Waals surface area contributed by atoms with Crippen molar-refractivity contribution in [1.82, 2.24) is 9.80 Å². The molecule has 0 spiro atoms. The maximum Gasteiger partial charge on any atom is 0.0506 e. The van der Waals surface area contributed by atoms with Crippen molar-refractivity contribution in [2.24, 2.45) is 5.92 Å². The lowest BCUT2D eigenvalue weighted by Crippen LogP contribution is -2.39. The largest absolute Gasteiger partial charge is 0.290 e. The van der Waals surface area contributed by atoms with Gasteiger partial charge in [0.15, 0.2) is 0 Å². The fourth-order valence-electron chi connectivity index (χ4n) is 2.54. The highest BCUT2D eigenvalue weighted by molar-refractivity contribution is 4.73. The van der Waals surface area contributed by atoms with Gasteiger partial charge >= 0.3 is 0 Å². The van der Waals surface area contributed by atoms with Gasteiger partial charge in [-0.15, -0.1) is 0 Å². The third kappa shape index (κ3) is 2.68. The first kappa shape index (κ1) is 9.47. The zero-order chi connectivity index (χ0) is 9.10. The summed E-state index contributed by atoms with van der Waals surface area (Å²) in [5.41, 5.74) is 0. The lowest BCUT2D eigenvalue weighted by molar-refractivity contribution is 0.129. The van der Waals surface area contributed by atoms with Gasteiger partial charge in [-0.2, -0.15) is 0 Å². The summed E-state index contributed by atoms with van der Waals surface area (Å²) in [7, 11) is 0. The topological polar surface area (TPSA) is 6.48 Å². The van der Waals surface area contributed by atoms with Crippen LogP contribution in [0.25, 0.3) is 0 Å². The van der Waals surface area contributed by atoms with E-state index in [0.29, 0.717) is 0 Å². The molecule has 0 amide bonds. The summed E-state index contributed by atoms with van der Waals surface area (Å²) in [6.45, 7) is 8.95. The molecule has 2 nitrogen and oxygen atoms in total. The molecule has 0 aliphatic carbocycles. The average Bonchev–Trinajstić information content (AvgIpc) is 2.53. The summed E-state index contributed by atoms with van der Waals surface area (Å²) in [5, 5.41) is 0. The van der Waals surface area contributed by atoms with Gasteiger partial charge < -0.3 is 0 Å². The summed E-state index contributed by atoms with van der Waals surface area (Å²) < 4.78 is 0. The van der Waals surface area contributed by atoms with Crippen LogP contribution in [0.5, 0.6) is 0 Å². The molecule has 0 aromatic rings. The summed E-state index contributed by atoms with van der Waals surface area (Å²) in [4.78, 5) is 5.25. The second-order valence-corrected chi connectivity index (χ2v) is 4.79. The third-order valence-corrected chi connectivity index (χ3v) is 3.36. The standard InChI is InChI=1S/C11H22N2/c1-11-5-8-13(9-11)10-12-6-3-2-4-7-12/h11H,2-10H2,1H3. The quantitative estimate of drug-likeness (QED) is 0.642. The van der Waals surface area contributed by atoms with E-state index >= 15 is 0 Å². The van der Waals surface area contributed by atoms with Gasteiger partial charge in [0.25, 0.3) is 0 Å². The number of hydrogen-bond acceptors (Lipinski definition) is 2. The predicted octanol–water partition coefficient (Wildman–Crippen LogP) is 1.77. The van der Waals surface area contributed by atoms with Crippen molar-refractivity contribution in [2.45, 2.75) is 32.6 Å². The SMILES string of the molecule is CC1CCN(CN2CCCCC2)C1. The fraction of sp³-hybridized carbons (Fsp3) is 1.00. The van der Waals surface area contributed by atoms with Gasteiger partial charge in [-0.05, 0) is 44.8 Å². The highest BCUT2D eigenvalue weighted by atomic mass is 15.3. The summed E-state index contributed by atoms with van der Waals surface area (Å²) in [5.74, 6) is 0.935. The molecule has 0 aromatic heterocycles. The number of rotatable bonds is 2. The Labute approximate surface area is 81.9 Å². The minimum Gasteiger partial charge on any atom is -0.290 e. The van der Waals surface area contributed by atoms with Crippen molar-refractivity contribution >= 4 is 0 Å². The van der Waals surface area contributed by atoms with Gasteiger partial charge in [0.05, 0.1) is 6.67 Å². The average molecular weight is 182 g/mol. The van der Waals surface area contributed by atoms with E-state index in [1.54, 1.807) is 0 Å². The summed E-state index contributed by atoms with van der Waals surface area (Å²) in [6, 6.07) is 0. The molecule has 0 aromatic carbocycles. The molecule has 2 fully saturated rings. The molecule has 2 rings (SSSR count). The number of hydrogen-bond donors (Lipinski definition) is 0. The van der Waals surface area contributed by atoms with Gasteiger partial charge in [0, 0.05) is 6.54 Å². The number of piperidine rings is 1. The smallest absolute Gasteiger partial charge is 0.0506 e. The first-order chi connectivity index (χ1) is 6.34. The highest BCUT2D eigenvalue weighted by Crippen LogP contribution is 2.16. The van der Waals surface area contributed by atoms with E-state index in [4.69, 9.17) is 0 Å². The molecule has 1 unspecified atom stereocenters. The molecule has 0 saturated carbocycles. The maximum absolute atomic E-state index is 2.63. The van der Waals surface area contributed by atoms with Crippen molar-refractivity contribution in [2.75, 3.05) is 32.8 Å². The molecule has 1 atom stereocenters. The Balaban J connectivity index is 1.71. The van der Waals surface area contributed by atoms with E-state index in [1.165, 1.54) is 58.5 Å². The van der Waals surface area contributed by atoms with Crippen molar-refractivity contribution in [3.63, 3.8) is 0 Å². The number of nitrogens with zero attached hydrogens (tertiary/aromatic N) is 2. The van der Waals surface area contributed by atoms with Crippen LogP contribution in [-0.4, -0.2) is 42.6 Å². The van der Waals surface area contributed by atoms with Crippen LogP contribution in [0.1, 0.15) is 32.6 Å². The molecule has 2 heteroatoms. The van der Waals surface area contributed by atoms with Gasteiger partial charge in [0.2, 0.25) is 0 Å². The molecule has 2 aliphatic heterocycles. The van der Waals surface area contributed by atoms with Crippen LogP contribution in [0, 0.1) is 5.92 Å². The summed E-state index contributed by atoms with van der Waals surface area (Å²) in [6.07, 6.45) is 5.70. The Bertz CT molecular complexity index is 149. The zero-order valence-electron chi connectivity index (χ0n) is 8.84. The van der Waals surface area contributed by atoms with Crippen LogP contribution in [0.4, 0.5) is 0 Å². The van der Waals surface area contributed by atoms with E-state index in [9.17, 15) is 0 Å². The van der Waals surface area contributed by atoms with E-state index in [2.05, 4.69) is 16.7 Å². The van der Waals surface area contributed by atoms with Gasteiger partial charge in [-0.1, -0.05) is 13.3 Å². The van der Waals surface area contributed by atoms with E-state index in [1.807, 2.05) is 0 Å². The Kier molecular flexibility index (Phi) is 3.23. The minimum absolute atomic E-state index is 0.935. The first-order valence-corrected chi connectivity index (χ1v) is 5.79. The van der Waals surface area contributed by atoms with Crippen LogP contribution < -0.4 is 0 Å². The fourth-order valence-corrected chi connectivity index (χ4v) is 2.54. The second kappa shape index (κ2) is 4.43. The molecule has 2 saturated heterocycles. The van der Waals surface area contributed by atoms with Crippen LogP contribution in [-0.2, 0) is 0 Å². The molecule has 2 aliphatic rings. The van der Waals surface area contributed by atoms with Crippen LogP contribution in [0.2, 0.25) is 0 Å². The second-order valence-electron chi connectivity index (χ2n) is 4.79. The van der Waals surface area contributed by atoms with Crippen LogP contribution in [0.15, 0.2) is 0 Å². The van der Waals surface area contributed by atoms with Crippen LogP contribution >= 0.6 is 0 Å². The van der Waals surface area contributed by atoms with Gasteiger partial charge in [-0.25, -0.2) is 0 Å². The van der Waals surface area contributed by atoms with Crippen LogP contribution in [0.3, 0.4) is 0 Å². The third-order valence-electron chi connectivity index (χ3n) is 3.36. The lowest BCUT2D eigenvalue weighted by Gasteiger charge is -2.30. The van der Waals surface area contributed by atoms with Crippen molar-refractivity contribution in [1.29, 1.82) is 0 Å². The van der Waals surface area contributed by atoms with Gasteiger partial charge in [-0.3, -0.25) is 9.80 Å². The predicted molar refractivity (Wildman–Crippen MR) is 55.6 cm³/mol. The highest BCUT2D eigenvalue weighted by Gasteiger charge is 2.21. The van der Waals surface area contributed by atoms with Crippen molar-refractivity contribution in [3.05, 3.63) is 0 Å². The first-order valence-electron chi connectivity index (χ1n) is 5.79. The minimum atomic E-state index is 0.935. The van der Waals surface area contributed by atoms with Crippen molar-refractivity contribution in [3.8, 4) is 0 Å². The van der Waals surface area contributed by atoms with E-state index in [-0.39, 0.29) is 0 Å². The lowest BCUT2D eigenvalue weighted by atomic mass is 10.1. The van der Waals surface area contributed by atoms with E-state index < -0.39 is 0 Å². The molecular formula is C11H22N2. The Morgan fingerprint density at radius 3 is 2.38 bits per heavy atom. The monoisotopic (exact) mass is 182 g/mol. The molecule has 0 bridgehead atoms. The molecule has 13 heavy (non-hydrogen) atoms. The summed E-state index contributed by atoms with van der Waals surface area (Å²) >= 11 is 0. The Morgan fingerprint density at radius 1 is 1.00 bits per heavy atom. The molecule has 2 heterocycles. The maximum atomic E-state index is 2.63. The molecule has 0 N–H and O–H groups in total. The number of likely N-dealkylation sites (tertiary alicyclic amines) is 2. The Hall–Kier alpha value is -0.0800. The van der Waals surface area contributed by atoms with Gasteiger partial charge in [0.1, 0.15) is 0 Å². The zero-order valence-corrected chi connectivity index (χ0v) is 8.84. The normalized spacial score (nSPS) is 32.5. The Morgan fingerprint density at radius 2 is 1.77 bits per heavy atom. The van der Waals surface area contributed by atoms with E-state index in [0.717, 1.165) is 5.92 Å². The molecular weight excluding hydrogens is 160 g/mol.